The van der Waals surface area contributed by atoms with Crippen LogP contribution < -0.4 is 14.2 Å². The zero-order valence-corrected chi connectivity index (χ0v) is 15.4. The minimum absolute atomic E-state index is 0.0690. The van der Waals surface area contributed by atoms with Gasteiger partial charge < -0.3 is 23.5 Å². The summed E-state index contributed by atoms with van der Waals surface area (Å²) < 4.78 is 21.5. The number of hydrogen-bond donors (Lipinski definition) is 0. The van der Waals surface area contributed by atoms with E-state index in [9.17, 15) is 4.79 Å². The number of rotatable bonds is 6. The number of nitrogens with zero attached hydrogens (tertiary/aromatic N) is 2. The molecule has 1 amide bonds. The van der Waals surface area contributed by atoms with Crippen LogP contribution in [0.3, 0.4) is 0 Å². The van der Waals surface area contributed by atoms with Gasteiger partial charge in [0.2, 0.25) is 5.75 Å². The highest BCUT2D eigenvalue weighted by Crippen LogP contribution is 2.40. The number of piperazine rings is 1. The molecule has 0 bridgehead atoms. The van der Waals surface area contributed by atoms with Crippen LogP contribution in [0, 0.1) is 0 Å². The third-order valence-corrected chi connectivity index (χ3v) is 4.55. The minimum Gasteiger partial charge on any atom is -0.493 e. The molecule has 3 rings (SSSR count). The Morgan fingerprint density at radius 2 is 1.73 bits per heavy atom. The molecular formula is C19H24N2O5. The van der Waals surface area contributed by atoms with Gasteiger partial charge in [0, 0.05) is 26.2 Å². The van der Waals surface area contributed by atoms with Gasteiger partial charge in [-0.05, 0) is 24.3 Å². The molecular weight excluding hydrogens is 336 g/mol. The summed E-state index contributed by atoms with van der Waals surface area (Å²) in [7, 11) is 4.61. The molecule has 2 heterocycles. The molecule has 1 fully saturated rings. The Hall–Kier alpha value is -2.67. The van der Waals surface area contributed by atoms with Crippen molar-refractivity contribution in [2.75, 3.05) is 47.5 Å². The second kappa shape index (κ2) is 8.14. The van der Waals surface area contributed by atoms with Gasteiger partial charge >= 0.3 is 0 Å². The van der Waals surface area contributed by atoms with E-state index >= 15 is 0 Å². The van der Waals surface area contributed by atoms with Crippen molar-refractivity contribution in [2.24, 2.45) is 0 Å². The van der Waals surface area contributed by atoms with E-state index in [4.69, 9.17) is 18.6 Å². The predicted molar refractivity (Wildman–Crippen MR) is 96.0 cm³/mol. The molecule has 0 N–H and O–H groups in total. The van der Waals surface area contributed by atoms with E-state index in [0.717, 1.165) is 25.4 Å². The monoisotopic (exact) mass is 360 g/mol. The second-order valence-electron chi connectivity index (χ2n) is 6.03. The van der Waals surface area contributed by atoms with E-state index in [1.807, 2.05) is 17.0 Å². The van der Waals surface area contributed by atoms with Crippen molar-refractivity contribution in [2.45, 2.75) is 6.54 Å². The summed E-state index contributed by atoms with van der Waals surface area (Å²) in [5, 5.41) is 0. The van der Waals surface area contributed by atoms with Crippen LogP contribution >= 0.6 is 0 Å². The highest BCUT2D eigenvalue weighted by molar-refractivity contribution is 5.98. The van der Waals surface area contributed by atoms with Crippen molar-refractivity contribution in [3.05, 3.63) is 41.9 Å². The van der Waals surface area contributed by atoms with Crippen LogP contribution in [0.25, 0.3) is 0 Å². The molecule has 2 aromatic rings. The quantitative estimate of drug-likeness (QED) is 0.787. The number of furan rings is 1. The van der Waals surface area contributed by atoms with Crippen LogP contribution in [0.4, 0.5) is 0 Å². The van der Waals surface area contributed by atoms with Crippen molar-refractivity contribution in [3.63, 3.8) is 0 Å². The number of ether oxygens (including phenoxy) is 3. The molecule has 26 heavy (non-hydrogen) atoms. The van der Waals surface area contributed by atoms with Gasteiger partial charge in [-0.3, -0.25) is 9.69 Å². The van der Waals surface area contributed by atoms with Gasteiger partial charge in [0.25, 0.3) is 5.91 Å². The van der Waals surface area contributed by atoms with E-state index in [-0.39, 0.29) is 5.91 Å². The molecule has 0 atom stereocenters. The Morgan fingerprint density at radius 3 is 2.31 bits per heavy atom. The fraction of sp³-hybridized carbons (Fsp3) is 0.421. The lowest BCUT2D eigenvalue weighted by Crippen LogP contribution is -2.48. The molecule has 1 aliphatic rings. The van der Waals surface area contributed by atoms with Crippen molar-refractivity contribution >= 4 is 5.91 Å². The number of carbonyl (C=O) groups is 1. The lowest BCUT2D eigenvalue weighted by atomic mass is 10.1. The maximum atomic E-state index is 13.0. The molecule has 1 saturated heterocycles. The molecule has 1 aliphatic heterocycles. The first-order chi connectivity index (χ1) is 12.7. The molecule has 0 radical (unpaired) electrons. The summed E-state index contributed by atoms with van der Waals surface area (Å²) in [6.45, 7) is 3.65. The van der Waals surface area contributed by atoms with Crippen LogP contribution in [0.15, 0.2) is 34.9 Å². The molecule has 0 unspecified atom stereocenters. The average Bonchev–Trinajstić information content (AvgIpc) is 3.19. The summed E-state index contributed by atoms with van der Waals surface area (Å²) in [5.41, 5.74) is 0.477. The molecule has 0 saturated carbocycles. The average molecular weight is 360 g/mol. The van der Waals surface area contributed by atoms with Gasteiger partial charge in [-0.1, -0.05) is 0 Å². The maximum absolute atomic E-state index is 13.0. The lowest BCUT2D eigenvalue weighted by Gasteiger charge is -2.34. The van der Waals surface area contributed by atoms with Crippen molar-refractivity contribution in [3.8, 4) is 17.2 Å². The number of hydrogen-bond acceptors (Lipinski definition) is 6. The molecule has 7 nitrogen and oxygen atoms in total. The van der Waals surface area contributed by atoms with E-state index in [1.54, 1.807) is 25.5 Å². The van der Waals surface area contributed by atoms with Crippen molar-refractivity contribution in [1.82, 2.24) is 9.80 Å². The van der Waals surface area contributed by atoms with E-state index in [1.165, 1.54) is 14.2 Å². The first kappa shape index (κ1) is 18.1. The summed E-state index contributed by atoms with van der Waals surface area (Å²) in [6.07, 6.45) is 1.68. The van der Waals surface area contributed by atoms with Gasteiger partial charge in [-0.15, -0.1) is 0 Å². The van der Waals surface area contributed by atoms with E-state index in [0.29, 0.717) is 35.9 Å². The Kier molecular flexibility index (Phi) is 5.68. The third-order valence-electron chi connectivity index (χ3n) is 4.55. The number of benzene rings is 1. The Labute approximate surface area is 153 Å². The van der Waals surface area contributed by atoms with Crippen LogP contribution in [-0.2, 0) is 6.54 Å². The smallest absolute Gasteiger partial charge is 0.257 e. The third kappa shape index (κ3) is 3.62. The number of carbonyl (C=O) groups excluding carboxylic acids is 1. The standard InChI is InChI=1S/C19H24N2O5/c1-23-16-7-6-15(17(24-2)18(16)25-3)19(22)21-10-8-20(9-11-21)13-14-5-4-12-26-14/h4-7,12H,8-11,13H2,1-3H3. The summed E-state index contributed by atoms with van der Waals surface area (Å²) in [5.74, 6) is 2.23. The van der Waals surface area contributed by atoms with Gasteiger partial charge in [-0.2, -0.15) is 0 Å². The largest absolute Gasteiger partial charge is 0.493 e. The molecule has 0 aliphatic carbocycles. The van der Waals surface area contributed by atoms with Crippen LogP contribution in [-0.4, -0.2) is 63.2 Å². The van der Waals surface area contributed by atoms with Crippen molar-refractivity contribution in [1.29, 1.82) is 0 Å². The van der Waals surface area contributed by atoms with Crippen LogP contribution in [0.2, 0.25) is 0 Å². The normalized spacial score (nSPS) is 15.0. The summed E-state index contributed by atoms with van der Waals surface area (Å²) in [4.78, 5) is 17.1. The molecule has 0 spiro atoms. The van der Waals surface area contributed by atoms with Gasteiger partial charge in [0.1, 0.15) is 5.76 Å². The zero-order valence-electron chi connectivity index (χ0n) is 15.4. The number of amides is 1. The molecule has 1 aromatic carbocycles. The lowest BCUT2D eigenvalue weighted by molar-refractivity contribution is 0.0616. The maximum Gasteiger partial charge on any atom is 0.257 e. The summed E-state index contributed by atoms with van der Waals surface area (Å²) >= 11 is 0. The Balaban J connectivity index is 1.70. The fourth-order valence-corrected chi connectivity index (χ4v) is 3.17. The van der Waals surface area contributed by atoms with Crippen LogP contribution in [0.5, 0.6) is 17.2 Å². The Bertz CT molecular complexity index is 737. The molecule has 140 valence electrons. The van der Waals surface area contributed by atoms with E-state index < -0.39 is 0 Å². The molecule has 1 aromatic heterocycles. The summed E-state index contributed by atoms with van der Waals surface area (Å²) in [6, 6.07) is 7.30. The van der Waals surface area contributed by atoms with Crippen molar-refractivity contribution < 1.29 is 23.4 Å². The van der Waals surface area contributed by atoms with E-state index in [2.05, 4.69) is 4.90 Å². The topological polar surface area (TPSA) is 64.4 Å². The van der Waals surface area contributed by atoms with Crippen LogP contribution in [0.1, 0.15) is 16.1 Å². The fourth-order valence-electron chi connectivity index (χ4n) is 3.17. The van der Waals surface area contributed by atoms with Gasteiger partial charge in [0.15, 0.2) is 11.5 Å². The Morgan fingerprint density at radius 1 is 1.00 bits per heavy atom. The SMILES string of the molecule is COc1ccc(C(=O)N2CCN(Cc3ccco3)CC2)c(OC)c1OC. The number of methoxy groups -OCH3 is 3. The first-order valence-corrected chi connectivity index (χ1v) is 8.51. The predicted octanol–water partition coefficient (Wildman–Crippen LogP) is 2.26. The van der Waals surface area contributed by atoms with Gasteiger partial charge in [0.05, 0.1) is 39.7 Å². The highest BCUT2D eigenvalue weighted by atomic mass is 16.5. The first-order valence-electron chi connectivity index (χ1n) is 8.51. The minimum atomic E-state index is -0.0690. The zero-order chi connectivity index (χ0) is 18.5. The van der Waals surface area contributed by atoms with Gasteiger partial charge in [-0.25, -0.2) is 0 Å². The highest BCUT2D eigenvalue weighted by Gasteiger charge is 2.27. The molecule has 7 heteroatoms. The second-order valence-corrected chi connectivity index (χ2v) is 6.03.